The maximum atomic E-state index is 12.6. The van der Waals surface area contributed by atoms with Crippen LogP contribution in [0.5, 0.6) is 5.88 Å². The molecule has 2 amide bonds. The van der Waals surface area contributed by atoms with Gasteiger partial charge in [-0.15, -0.1) is 0 Å². The number of carbonyl (C=O) groups excluding carboxylic acids is 2. The van der Waals surface area contributed by atoms with Crippen molar-refractivity contribution in [3.05, 3.63) is 41.7 Å². The summed E-state index contributed by atoms with van der Waals surface area (Å²) in [5.41, 5.74) is 11.3. The van der Waals surface area contributed by atoms with Gasteiger partial charge in [-0.3, -0.25) is 14.5 Å². The van der Waals surface area contributed by atoms with E-state index in [2.05, 4.69) is 25.0 Å². The third-order valence-corrected chi connectivity index (χ3v) is 4.69. The standard InChI is InChI=1S/C19H20F3N7O3/c1-18(7-13(30)29(2)17(24)28-18)10-4-3-5-11(6-10)26-16(31)14-15(23)27-12(8-25-14)32-9-19(20,21)22/h3-6,8H,7,9H2,1-2H3,(H2,23,27)(H2,24,28)(H,26,31). The van der Waals surface area contributed by atoms with Gasteiger partial charge in [-0.25, -0.2) is 9.98 Å². The van der Waals surface area contributed by atoms with E-state index in [0.29, 0.717) is 11.3 Å². The average Bonchev–Trinajstić information content (AvgIpc) is 2.70. The average molecular weight is 451 g/mol. The van der Waals surface area contributed by atoms with Crippen LogP contribution in [0, 0.1) is 0 Å². The molecule has 0 fully saturated rings. The van der Waals surface area contributed by atoms with Crippen molar-refractivity contribution in [1.29, 1.82) is 0 Å². The van der Waals surface area contributed by atoms with Gasteiger partial charge in [-0.2, -0.15) is 18.2 Å². The molecule has 0 spiro atoms. The second-order valence-electron chi connectivity index (χ2n) is 7.25. The Bertz CT molecular complexity index is 1090. The van der Waals surface area contributed by atoms with E-state index in [1.54, 1.807) is 31.2 Å². The van der Waals surface area contributed by atoms with Gasteiger partial charge in [0, 0.05) is 12.7 Å². The number of benzene rings is 1. The number of nitrogens with two attached hydrogens (primary N) is 2. The zero-order valence-corrected chi connectivity index (χ0v) is 17.1. The van der Waals surface area contributed by atoms with Crippen LogP contribution in [0.25, 0.3) is 0 Å². The second kappa shape index (κ2) is 8.32. The minimum absolute atomic E-state index is 0.0778. The van der Waals surface area contributed by atoms with Crippen molar-refractivity contribution in [2.45, 2.75) is 25.1 Å². The molecule has 1 aliphatic rings. The van der Waals surface area contributed by atoms with E-state index >= 15 is 0 Å². The van der Waals surface area contributed by atoms with Gasteiger partial charge in [0.15, 0.2) is 24.1 Å². The van der Waals surface area contributed by atoms with E-state index in [1.165, 1.54) is 11.9 Å². The smallest absolute Gasteiger partial charge is 0.422 e. The number of amides is 2. The van der Waals surface area contributed by atoms with E-state index in [0.717, 1.165) is 6.20 Å². The Balaban J connectivity index is 1.77. The number of aliphatic imine (C=N–C) groups is 1. The summed E-state index contributed by atoms with van der Waals surface area (Å²) in [6.45, 7) is 0.179. The van der Waals surface area contributed by atoms with Crippen LogP contribution in [0.3, 0.4) is 0 Å². The topological polar surface area (TPSA) is 149 Å². The molecule has 1 aliphatic heterocycles. The Morgan fingerprint density at radius 3 is 2.69 bits per heavy atom. The number of nitrogens with one attached hydrogen (secondary N) is 1. The fraction of sp³-hybridized carbons (Fsp3) is 0.316. The molecule has 1 atom stereocenters. The molecular weight excluding hydrogens is 431 g/mol. The SMILES string of the molecule is CN1C(=O)CC(C)(c2cccc(NC(=O)c3ncc(OCC(F)(F)F)nc3N)c2)N=C1N. The van der Waals surface area contributed by atoms with Crippen LogP contribution >= 0.6 is 0 Å². The lowest BCUT2D eigenvalue weighted by atomic mass is 9.87. The Morgan fingerprint density at radius 1 is 1.34 bits per heavy atom. The lowest BCUT2D eigenvalue weighted by Gasteiger charge is -2.33. The molecule has 1 unspecified atom stereocenters. The van der Waals surface area contributed by atoms with Crippen molar-refractivity contribution < 1.29 is 27.5 Å². The van der Waals surface area contributed by atoms with Gasteiger partial charge in [0.2, 0.25) is 11.8 Å². The molecule has 32 heavy (non-hydrogen) atoms. The number of anilines is 2. The predicted octanol–water partition coefficient (Wildman–Crippen LogP) is 1.64. The Labute approximate surface area is 180 Å². The van der Waals surface area contributed by atoms with Gasteiger partial charge in [0.1, 0.15) is 0 Å². The van der Waals surface area contributed by atoms with Crippen LogP contribution in [0.15, 0.2) is 35.5 Å². The number of carbonyl (C=O) groups is 2. The number of nitrogen functional groups attached to an aromatic ring is 1. The molecule has 170 valence electrons. The highest BCUT2D eigenvalue weighted by Gasteiger charge is 2.36. The van der Waals surface area contributed by atoms with Gasteiger partial charge in [-0.1, -0.05) is 12.1 Å². The third kappa shape index (κ3) is 5.04. The minimum atomic E-state index is -4.55. The highest BCUT2D eigenvalue weighted by molar-refractivity contribution is 6.05. The summed E-state index contributed by atoms with van der Waals surface area (Å²) < 4.78 is 41.2. The number of hydrogen-bond donors (Lipinski definition) is 3. The van der Waals surface area contributed by atoms with E-state index in [4.69, 9.17) is 11.5 Å². The monoisotopic (exact) mass is 451 g/mol. The third-order valence-electron chi connectivity index (χ3n) is 4.69. The molecule has 0 radical (unpaired) electrons. The van der Waals surface area contributed by atoms with Gasteiger partial charge < -0.3 is 21.5 Å². The zero-order valence-electron chi connectivity index (χ0n) is 17.1. The molecule has 1 aromatic heterocycles. The van der Waals surface area contributed by atoms with Crippen LogP contribution in [-0.2, 0) is 10.3 Å². The molecular formula is C19H20F3N7O3. The summed E-state index contributed by atoms with van der Waals surface area (Å²) in [6, 6.07) is 6.62. The van der Waals surface area contributed by atoms with Crippen molar-refractivity contribution in [2.24, 2.45) is 10.7 Å². The summed E-state index contributed by atoms with van der Waals surface area (Å²) in [5, 5.41) is 2.59. The Morgan fingerprint density at radius 2 is 2.06 bits per heavy atom. The second-order valence-corrected chi connectivity index (χ2v) is 7.25. The van der Waals surface area contributed by atoms with E-state index in [1.807, 2.05) is 0 Å². The largest absolute Gasteiger partial charge is 0.467 e. The van der Waals surface area contributed by atoms with Crippen molar-refractivity contribution in [2.75, 3.05) is 24.7 Å². The van der Waals surface area contributed by atoms with Crippen LogP contribution in [-0.4, -0.2) is 52.5 Å². The molecule has 2 heterocycles. The normalized spacial score (nSPS) is 18.8. The van der Waals surface area contributed by atoms with Gasteiger partial charge in [0.05, 0.1) is 18.2 Å². The quantitative estimate of drug-likeness (QED) is 0.626. The summed E-state index contributed by atoms with van der Waals surface area (Å²) in [6.07, 6.45) is -3.60. The van der Waals surface area contributed by atoms with Gasteiger partial charge in [-0.05, 0) is 24.6 Å². The summed E-state index contributed by atoms with van der Waals surface area (Å²) in [7, 11) is 1.53. The Hall–Kier alpha value is -3.90. The van der Waals surface area contributed by atoms with Crippen LogP contribution in [0.1, 0.15) is 29.4 Å². The number of halogens is 3. The highest BCUT2D eigenvalue weighted by Crippen LogP contribution is 2.34. The van der Waals surface area contributed by atoms with Gasteiger partial charge >= 0.3 is 6.18 Å². The number of aromatic nitrogens is 2. The highest BCUT2D eigenvalue weighted by atomic mass is 19.4. The summed E-state index contributed by atoms with van der Waals surface area (Å²) >= 11 is 0. The molecule has 10 nitrogen and oxygen atoms in total. The first-order chi connectivity index (χ1) is 14.9. The maximum Gasteiger partial charge on any atom is 0.422 e. The van der Waals surface area contributed by atoms with E-state index in [-0.39, 0.29) is 24.0 Å². The number of nitrogens with zero attached hydrogens (tertiary/aromatic N) is 4. The summed E-state index contributed by atoms with van der Waals surface area (Å²) in [4.78, 5) is 37.8. The first-order valence-corrected chi connectivity index (χ1v) is 9.24. The van der Waals surface area contributed by atoms with Crippen LogP contribution in [0.4, 0.5) is 24.7 Å². The van der Waals surface area contributed by atoms with Crippen molar-refractivity contribution >= 4 is 29.3 Å². The molecule has 0 aliphatic carbocycles. The lowest BCUT2D eigenvalue weighted by Crippen LogP contribution is -2.47. The van der Waals surface area contributed by atoms with Crippen molar-refractivity contribution in [3.63, 3.8) is 0 Å². The van der Waals surface area contributed by atoms with E-state index in [9.17, 15) is 22.8 Å². The molecule has 0 saturated carbocycles. The fourth-order valence-corrected chi connectivity index (χ4v) is 2.98. The molecule has 1 aromatic carbocycles. The van der Waals surface area contributed by atoms with Crippen molar-refractivity contribution in [1.82, 2.24) is 14.9 Å². The zero-order chi connectivity index (χ0) is 23.7. The molecule has 5 N–H and O–H groups in total. The number of hydrogen-bond acceptors (Lipinski definition) is 8. The first kappa shape index (κ1) is 22.8. The maximum absolute atomic E-state index is 12.6. The summed E-state index contributed by atoms with van der Waals surface area (Å²) in [5.74, 6) is -1.72. The number of rotatable bonds is 5. The lowest BCUT2D eigenvalue weighted by molar-refractivity contribution is -0.154. The minimum Gasteiger partial charge on any atom is -0.467 e. The Kier molecular flexibility index (Phi) is 5.92. The molecule has 0 bridgehead atoms. The number of guanidine groups is 1. The number of alkyl halides is 3. The molecule has 3 rings (SSSR count). The number of ether oxygens (including phenoxy) is 1. The van der Waals surface area contributed by atoms with Crippen LogP contribution in [0.2, 0.25) is 0 Å². The van der Waals surface area contributed by atoms with Crippen molar-refractivity contribution in [3.8, 4) is 5.88 Å². The first-order valence-electron chi connectivity index (χ1n) is 9.24. The predicted molar refractivity (Wildman–Crippen MR) is 109 cm³/mol. The van der Waals surface area contributed by atoms with E-state index < -0.39 is 35.9 Å². The van der Waals surface area contributed by atoms with Crippen LogP contribution < -0.4 is 21.5 Å². The fourth-order valence-electron chi connectivity index (χ4n) is 2.98. The van der Waals surface area contributed by atoms with Gasteiger partial charge in [0.25, 0.3) is 5.91 Å². The molecule has 0 saturated heterocycles. The molecule has 13 heteroatoms. The molecule has 2 aromatic rings.